The highest BCUT2D eigenvalue weighted by Crippen LogP contribution is 2.36. The van der Waals surface area contributed by atoms with E-state index in [2.05, 4.69) is 29.1 Å². The zero-order valence-corrected chi connectivity index (χ0v) is 16.9. The second kappa shape index (κ2) is 8.65. The highest BCUT2D eigenvalue weighted by molar-refractivity contribution is 5.44. The molecular weight excluding hydrogens is 370 g/mol. The molecule has 7 heteroatoms. The monoisotopic (exact) mass is 399 g/mol. The number of benzene rings is 1. The van der Waals surface area contributed by atoms with Crippen molar-refractivity contribution >= 4 is 0 Å². The van der Waals surface area contributed by atoms with Crippen molar-refractivity contribution in [2.75, 3.05) is 13.4 Å². The molecular formula is C22H29N3O4. The van der Waals surface area contributed by atoms with Gasteiger partial charge in [-0.3, -0.25) is 0 Å². The predicted molar refractivity (Wildman–Crippen MR) is 108 cm³/mol. The van der Waals surface area contributed by atoms with Gasteiger partial charge in [-0.1, -0.05) is 19.9 Å². The highest BCUT2D eigenvalue weighted by atomic mass is 16.7. The number of fused-ring (bicyclic) bond motifs is 1. The summed E-state index contributed by atoms with van der Waals surface area (Å²) in [6, 6.07) is 7.94. The SMILES string of the molecule is CC(C)c1nccc(CC2C(NCc3ccc4c(c3)OCO4)CC(O)C2CO)n1. The Bertz CT molecular complexity index is 845. The zero-order valence-electron chi connectivity index (χ0n) is 16.9. The summed E-state index contributed by atoms with van der Waals surface area (Å²) < 4.78 is 10.8. The summed E-state index contributed by atoms with van der Waals surface area (Å²) in [7, 11) is 0. The normalized spacial score (nSPS) is 25.7. The van der Waals surface area contributed by atoms with Crippen molar-refractivity contribution in [1.82, 2.24) is 15.3 Å². The minimum absolute atomic E-state index is 0.0316. The number of hydrogen-bond donors (Lipinski definition) is 3. The summed E-state index contributed by atoms with van der Waals surface area (Å²) in [5.74, 6) is 2.56. The minimum atomic E-state index is -0.523. The summed E-state index contributed by atoms with van der Waals surface area (Å²) in [6.07, 6.45) is 2.59. The van der Waals surface area contributed by atoms with Gasteiger partial charge >= 0.3 is 0 Å². The van der Waals surface area contributed by atoms with Crippen LogP contribution in [-0.4, -0.2) is 45.7 Å². The van der Waals surface area contributed by atoms with Gasteiger partial charge in [-0.2, -0.15) is 0 Å². The van der Waals surface area contributed by atoms with E-state index in [9.17, 15) is 10.2 Å². The number of nitrogens with zero attached hydrogens (tertiary/aromatic N) is 2. The molecule has 29 heavy (non-hydrogen) atoms. The fourth-order valence-corrected chi connectivity index (χ4v) is 4.33. The van der Waals surface area contributed by atoms with E-state index in [-0.39, 0.29) is 37.2 Å². The van der Waals surface area contributed by atoms with Crippen molar-refractivity contribution in [3.05, 3.63) is 47.5 Å². The molecule has 1 saturated carbocycles. The first-order valence-corrected chi connectivity index (χ1v) is 10.3. The average molecular weight is 399 g/mol. The number of rotatable bonds is 7. The number of aliphatic hydroxyl groups excluding tert-OH is 2. The third-order valence-corrected chi connectivity index (χ3v) is 5.97. The molecule has 0 radical (unpaired) electrons. The van der Waals surface area contributed by atoms with Crippen LogP contribution in [0.1, 0.15) is 43.3 Å². The number of hydrogen-bond acceptors (Lipinski definition) is 7. The van der Waals surface area contributed by atoms with Crippen molar-refractivity contribution in [1.29, 1.82) is 0 Å². The average Bonchev–Trinajstić information content (AvgIpc) is 3.30. The van der Waals surface area contributed by atoms with Crippen molar-refractivity contribution in [2.24, 2.45) is 11.8 Å². The maximum absolute atomic E-state index is 10.5. The first-order chi connectivity index (χ1) is 14.0. The van der Waals surface area contributed by atoms with Gasteiger partial charge in [0, 0.05) is 42.9 Å². The van der Waals surface area contributed by atoms with Crippen LogP contribution < -0.4 is 14.8 Å². The van der Waals surface area contributed by atoms with Gasteiger partial charge in [-0.25, -0.2) is 9.97 Å². The maximum atomic E-state index is 10.5. The van der Waals surface area contributed by atoms with Crippen LogP contribution in [0.3, 0.4) is 0 Å². The van der Waals surface area contributed by atoms with E-state index in [4.69, 9.17) is 9.47 Å². The van der Waals surface area contributed by atoms with E-state index < -0.39 is 6.10 Å². The molecule has 4 atom stereocenters. The quantitative estimate of drug-likeness (QED) is 0.655. The number of aliphatic hydroxyl groups is 2. The molecule has 3 N–H and O–H groups in total. The van der Waals surface area contributed by atoms with Gasteiger partial charge in [0.25, 0.3) is 0 Å². The van der Waals surface area contributed by atoms with Crippen LogP contribution in [0.2, 0.25) is 0 Å². The summed E-state index contributed by atoms with van der Waals surface area (Å²) in [6.45, 7) is 5.04. The lowest BCUT2D eigenvalue weighted by Crippen LogP contribution is -2.36. The Morgan fingerprint density at radius 2 is 2.00 bits per heavy atom. The summed E-state index contributed by atoms with van der Waals surface area (Å²) in [5.41, 5.74) is 2.05. The highest BCUT2D eigenvalue weighted by Gasteiger charge is 2.42. The van der Waals surface area contributed by atoms with Crippen LogP contribution in [0.4, 0.5) is 0 Å². The second-order valence-corrected chi connectivity index (χ2v) is 8.25. The van der Waals surface area contributed by atoms with Crippen molar-refractivity contribution in [3.8, 4) is 11.5 Å². The van der Waals surface area contributed by atoms with E-state index in [1.54, 1.807) is 6.20 Å². The van der Waals surface area contributed by atoms with Crippen molar-refractivity contribution in [2.45, 2.75) is 51.3 Å². The van der Waals surface area contributed by atoms with Gasteiger partial charge < -0.3 is 25.0 Å². The van der Waals surface area contributed by atoms with Crippen LogP contribution in [-0.2, 0) is 13.0 Å². The first-order valence-electron chi connectivity index (χ1n) is 10.3. The largest absolute Gasteiger partial charge is 0.454 e. The standard InChI is InChI=1S/C22H29N3O4/c1-13(2)22-23-6-5-15(25-22)8-16-17(11-26)19(27)9-18(16)24-10-14-3-4-20-21(7-14)29-12-28-20/h3-7,13,16-19,24,26-27H,8-12H2,1-2H3. The Hall–Kier alpha value is -2.22. The Morgan fingerprint density at radius 1 is 1.17 bits per heavy atom. The van der Waals surface area contributed by atoms with E-state index >= 15 is 0 Å². The third kappa shape index (κ3) is 4.37. The van der Waals surface area contributed by atoms with Crippen LogP contribution in [0.15, 0.2) is 30.5 Å². The van der Waals surface area contributed by atoms with E-state index in [1.165, 1.54) is 0 Å². The lowest BCUT2D eigenvalue weighted by molar-refractivity contribution is 0.0716. The molecule has 1 fully saturated rings. The maximum Gasteiger partial charge on any atom is 0.231 e. The van der Waals surface area contributed by atoms with Gasteiger partial charge in [-0.15, -0.1) is 0 Å². The molecule has 4 unspecified atom stereocenters. The van der Waals surface area contributed by atoms with Crippen LogP contribution in [0, 0.1) is 11.8 Å². The van der Waals surface area contributed by atoms with Crippen LogP contribution in [0.5, 0.6) is 11.5 Å². The number of ether oxygens (including phenoxy) is 2. The van der Waals surface area contributed by atoms with E-state index in [0.717, 1.165) is 28.6 Å². The molecule has 1 aliphatic heterocycles. The molecule has 0 saturated heterocycles. The van der Waals surface area contributed by atoms with Crippen molar-refractivity contribution < 1.29 is 19.7 Å². The molecule has 2 aromatic rings. The Labute approximate surface area is 171 Å². The lowest BCUT2D eigenvalue weighted by atomic mass is 9.88. The predicted octanol–water partition coefficient (Wildman–Crippen LogP) is 2.02. The lowest BCUT2D eigenvalue weighted by Gasteiger charge is -2.25. The van der Waals surface area contributed by atoms with E-state index in [0.29, 0.717) is 19.4 Å². The summed E-state index contributed by atoms with van der Waals surface area (Å²) in [4.78, 5) is 9.03. The molecule has 0 amide bonds. The first kappa shape index (κ1) is 20.1. The van der Waals surface area contributed by atoms with Crippen LogP contribution >= 0.6 is 0 Å². The van der Waals surface area contributed by atoms with Gasteiger partial charge in [0.1, 0.15) is 5.82 Å². The molecule has 0 spiro atoms. The molecule has 0 bridgehead atoms. The molecule has 7 nitrogen and oxygen atoms in total. The molecule has 1 aliphatic carbocycles. The van der Waals surface area contributed by atoms with Crippen LogP contribution in [0.25, 0.3) is 0 Å². The van der Waals surface area contributed by atoms with Gasteiger partial charge in [0.15, 0.2) is 11.5 Å². The van der Waals surface area contributed by atoms with Gasteiger partial charge in [0.05, 0.1) is 6.10 Å². The molecule has 2 heterocycles. The number of nitrogens with one attached hydrogen (secondary N) is 1. The Balaban J connectivity index is 1.47. The zero-order chi connectivity index (χ0) is 20.4. The molecule has 1 aromatic carbocycles. The van der Waals surface area contributed by atoms with Gasteiger partial charge in [-0.05, 0) is 42.5 Å². The molecule has 156 valence electrons. The second-order valence-electron chi connectivity index (χ2n) is 8.25. The minimum Gasteiger partial charge on any atom is -0.454 e. The topological polar surface area (TPSA) is 96.7 Å². The third-order valence-electron chi connectivity index (χ3n) is 5.97. The molecule has 1 aromatic heterocycles. The number of aromatic nitrogens is 2. The Kier molecular flexibility index (Phi) is 5.99. The fourth-order valence-electron chi connectivity index (χ4n) is 4.33. The Morgan fingerprint density at radius 3 is 2.79 bits per heavy atom. The smallest absolute Gasteiger partial charge is 0.231 e. The summed E-state index contributed by atoms with van der Waals surface area (Å²) in [5, 5.41) is 24.0. The van der Waals surface area contributed by atoms with Gasteiger partial charge in [0.2, 0.25) is 6.79 Å². The molecule has 2 aliphatic rings. The summed E-state index contributed by atoms with van der Waals surface area (Å²) >= 11 is 0. The molecule has 4 rings (SSSR count). The van der Waals surface area contributed by atoms with E-state index in [1.807, 2.05) is 24.3 Å². The van der Waals surface area contributed by atoms with Crippen molar-refractivity contribution in [3.63, 3.8) is 0 Å². The fraction of sp³-hybridized carbons (Fsp3) is 0.545.